The predicted octanol–water partition coefficient (Wildman–Crippen LogP) is 3.04. The van der Waals surface area contributed by atoms with Gasteiger partial charge in [-0.2, -0.15) is 0 Å². The Kier molecular flexibility index (Phi) is 5.03. The number of aryl methyl sites for hydroxylation is 2. The van der Waals surface area contributed by atoms with Gasteiger partial charge in [-0.05, 0) is 31.2 Å². The first kappa shape index (κ1) is 18.1. The summed E-state index contributed by atoms with van der Waals surface area (Å²) >= 11 is 0. The van der Waals surface area contributed by atoms with Crippen molar-refractivity contribution < 1.29 is 13.9 Å². The summed E-state index contributed by atoms with van der Waals surface area (Å²) in [7, 11) is 0. The van der Waals surface area contributed by atoms with Crippen LogP contribution < -0.4 is 5.32 Å². The van der Waals surface area contributed by atoms with E-state index in [1.807, 2.05) is 36.4 Å². The average molecular weight is 379 g/mol. The zero-order valence-corrected chi connectivity index (χ0v) is 15.8. The summed E-state index contributed by atoms with van der Waals surface area (Å²) in [5.41, 5.74) is 1.36. The minimum absolute atomic E-state index is 0.172. The molecule has 1 unspecified atom stereocenters. The van der Waals surface area contributed by atoms with Gasteiger partial charge in [0, 0.05) is 19.7 Å². The van der Waals surface area contributed by atoms with Crippen molar-refractivity contribution in [3.8, 4) is 0 Å². The number of carbonyl (C=O) groups excluding carboxylic acids is 1. The molecule has 4 rings (SSSR count). The first-order valence-electron chi connectivity index (χ1n) is 9.10. The van der Waals surface area contributed by atoms with Gasteiger partial charge in [0.1, 0.15) is 17.7 Å². The van der Waals surface area contributed by atoms with Crippen molar-refractivity contribution in [3.63, 3.8) is 0 Å². The Balaban J connectivity index is 1.49. The maximum atomic E-state index is 12.8. The molecule has 3 aromatic heterocycles. The number of pyridine rings is 2. The van der Waals surface area contributed by atoms with E-state index in [0.29, 0.717) is 42.9 Å². The summed E-state index contributed by atoms with van der Waals surface area (Å²) < 4.78 is 11.4. The van der Waals surface area contributed by atoms with E-state index in [9.17, 15) is 4.79 Å². The van der Waals surface area contributed by atoms with Gasteiger partial charge >= 0.3 is 0 Å². The Labute approximate surface area is 162 Å². The van der Waals surface area contributed by atoms with Gasteiger partial charge in [0.25, 0.3) is 5.91 Å². The van der Waals surface area contributed by atoms with E-state index in [4.69, 9.17) is 9.15 Å². The van der Waals surface area contributed by atoms with Crippen LogP contribution >= 0.6 is 0 Å². The molecule has 8 nitrogen and oxygen atoms in total. The predicted molar refractivity (Wildman–Crippen MR) is 102 cm³/mol. The molecular formula is C20H21N5O3. The number of carbonyl (C=O) groups is 1. The van der Waals surface area contributed by atoms with Crippen LogP contribution in [-0.2, 0) is 4.74 Å². The lowest BCUT2D eigenvalue weighted by atomic mass is 10.1. The number of aromatic nitrogens is 3. The smallest absolute Gasteiger partial charge is 0.291 e. The second-order valence-corrected chi connectivity index (χ2v) is 6.55. The standard InChI is InChI=1S/C20H21N5O3/c1-13-19(28-14(2)22-13)20(26)25-10-11-27-16(12-25)15-6-5-8-18(23-15)24-17-7-3-4-9-21-17/h3-9,16H,10-12H2,1-2H3,(H,21,23,24). The highest BCUT2D eigenvalue weighted by atomic mass is 16.5. The third-order valence-corrected chi connectivity index (χ3v) is 4.47. The van der Waals surface area contributed by atoms with Gasteiger partial charge in [-0.25, -0.2) is 15.0 Å². The van der Waals surface area contributed by atoms with Crippen LogP contribution in [0.5, 0.6) is 0 Å². The van der Waals surface area contributed by atoms with Crippen LogP contribution in [0, 0.1) is 13.8 Å². The molecule has 0 saturated carbocycles. The first-order chi connectivity index (χ1) is 13.6. The Morgan fingerprint density at radius 1 is 1.14 bits per heavy atom. The van der Waals surface area contributed by atoms with Crippen molar-refractivity contribution in [2.45, 2.75) is 20.0 Å². The number of ether oxygens (including phenoxy) is 1. The van der Waals surface area contributed by atoms with Gasteiger partial charge in [-0.1, -0.05) is 12.1 Å². The van der Waals surface area contributed by atoms with E-state index >= 15 is 0 Å². The Morgan fingerprint density at radius 2 is 2.00 bits per heavy atom. The third kappa shape index (κ3) is 3.86. The van der Waals surface area contributed by atoms with Crippen molar-refractivity contribution >= 4 is 17.5 Å². The highest BCUT2D eigenvalue weighted by Gasteiger charge is 2.30. The first-order valence-corrected chi connectivity index (χ1v) is 9.10. The van der Waals surface area contributed by atoms with Crippen LogP contribution in [0.1, 0.15) is 33.9 Å². The normalized spacial score (nSPS) is 16.8. The summed E-state index contributed by atoms with van der Waals surface area (Å²) in [6, 6.07) is 11.3. The molecular weight excluding hydrogens is 358 g/mol. The molecule has 1 aliphatic rings. The summed E-state index contributed by atoms with van der Waals surface area (Å²) in [6.07, 6.45) is 1.40. The molecule has 144 valence electrons. The van der Waals surface area contributed by atoms with Gasteiger partial charge in [0.2, 0.25) is 5.76 Å². The van der Waals surface area contributed by atoms with Crippen LogP contribution in [-0.4, -0.2) is 45.5 Å². The molecule has 3 aromatic rings. The van der Waals surface area contributed by atoms with E-state index in [1.54, 1.807) is 24.9 Å². The molecule has 1 aliphatic heterocycles. The monoisotopic (exact) mass is 379 g/mol. The van der Waals surface area contributed by atoms with E-state index in [-0.39, 0.29) is 17.8 Å². The third-order valence-electron chi connectivity index (χ3n) is 4.47. The van der Waals surface area contributed by atoms with Crippen molar-refractivity contribution in [1.82, 2.24) is 19.9 Å². The maximum Gasteiger partial charge on any atom is 0.291 e. The second kappa shape index (κ2) is 7.77. The summed E-state index contributed by atoms with van der Waals surface area (Å²) in [5, 5.41) is 3.17. The zero-order valence-electron chi connectivity index (χ0n) is 15.8. The number of nitrogens with one attached hydrogen (secondary N) is 1. The maximum absolute atomic E-state index is 12.8. The fourth-order valence-electron chi connectivity index (χ4n) is 3.15. The number of hydrogen-bond acceptors (Lipinski definition) is 7. The molecule has 1 saturated heterocycles. The van der Waals surface area contributed by atoms with Crippen LogP contribution in [0.4, 0.5) is 11.6 Å². The molecule has 1 atom stereocenters. The van der Waals surface area contributed by atoms with Gasteiger partial charge < -0.3 is 19.4 Å². The van der Waals surface area contributed by atoms with Crippen molar-refractivity contribution in [1.29, 1.82) is 0 Å². The second-order valence-electron chi connectivity index (χ2n) is 6.55. The molecule has 1 fully saturated rings. The topological polar surface area (TPSA) is 93.4 Å². The number of nitrogens with zero attached hydrogens (tertiary/aromatic N) is 4. The van der Waals surface area contributed by atoms with E-state index in [2.05, 4.69) is 20.3 Å². The molecule has 0 bridgehead atoms. The van der Waals surface area contributed by atoms with Crippen LogP contribution in [0.3, 0.4) is 0 Å². The lowest BCUT2D eigenvalue weighted by molar-refractivity contribution is -0.0256. The Morgan fingerprint density at radius 3 is 2.75 bits per heavy atom. The lowest BCUT2D eigenvalue weighted by Crippen LogP contribution is -2.42. The van der Waals surface area contributed by atoms with Gasteiger partial charge in [-0.3, -0.25) is 4.79 Å². The quantitative estimate of drug-likeness (QED) is 0.745. The SMILES string of the molecule is Cc1nc(C)c(C(=O)N2CCOC(c3cccc(Nc4ccccn4)n3)C2)o1. The number of anilines is 2. The number of amides is 1. The molecule has 1 amide bonds. The van der Waals surface area contributed by atoms with Crippen molar-refractivity contribution in [3.05, 3.63) is 65.6 Å². The highest BCUT2D eigenvalue weighted by Crippen LogP contribution is 2.24. The largest absolute Gasteiger partial charge is 0.436 e. The number of oxazole rings is 1. The van der Waals surface area contributed by atoms with Crippen LogP contribution in [0.25, 0.3) is 0 Å². The highest BCUT2D eigenvalue weighted by molar-refractivity contribution is 5.92. The molecule has 28 heavy (non-hydrogen) atoms. The Hall–Kier alpha value is -3.26. The fraction of sp³-hybridized carbons (Fsp3) is 0.300. The fourth-order valence-corrected chi connectivity index (χ4v) is 3.15. The van der Waals surface area contributed by atoms with Crippen molar-refractivity contribution in [2.24, 2.45) is 0 Å². The molecule has 0 radical (unpaired) electrons. The zero-order chi connectivity index (χ0) is 19.5. The number of rotatable bonds is 4. The summed E-state index contributed by atoms with van der Waals surface area (Å²) in [5.74, 6) is 1.99. The summed E-state index contributed by atoms with van der Waals surface area (Å²) in [6.45, 7) is 4.84. The summed E-state index contributed by atoms with van der Waals surface area (Å²) in [4.78, 5) is 27.6. The molecule has 0 aliphatic carbocycles. The number of hydrogen-bond donors (Lipinski definition) is 1. The molecule has 0 spiro atoms. The molecule has 8 heteroatoms. The van der Waals surface area contributed by atoms with Gasteiger partial charge in [0.05, 0.1) is 24.5 Å². The molecule has 1 N–H and O–H groups in total. The molecule has 0 aromatic carbocycles. The van der Waals surface area contributed by atoms with E-state index in [1.165, 1.54) is 0 Å². The van der Waals surface area contributed by atoms with Gasteiger partial charge in [-0.15, -0.1) is 0 Å². The van der Waals surface area contributed by atoms with E-state index < -0.39 is 0 Å². The van der Waals surface area contributed by atoms with Crippen LogP contribution in [0.15, 0.2) is 47.0 Å². The molecule has 4 heterocycles. The van der Waals surface area contributed by atoms with Crippen LogP contribution in [0.2, 0.25) is 0 Å². The minimum Gasteiger partial charge on any atom is -0.436 e. The Bertz CT molecular complexity index is 973. The lowest BCUT2D eigenvalue weighted by Gasteiger charge is -2.32. The van der Waals surface area contributed by atoms with Crippen molar-refractivity contribution in [2.75, 3.05) is 25.0 Å². The minimum atomic E-state index is -0.312. The van der Waals surface area contributed by atoms with Gasteiger partial charge in [0.15, 0.2) is 5.89 Å². The van der Waals surface area contributed by atoms with E-state index in [0.717, 1.165) is 5.69 Å². The number of morpholine rings is 1. The average Bonchev–Trinajstić information content (AvgIpc) is 3.06.